The van der Waals surface area contributed by atoms with Crippen molar-refractivity contribution >= 4 is 5.65 Å². The summed E-state index contributed by atoms with van der Waals surface area (Å²) in [6, 6.07) is 3.67. The molecule has 0 aromatic carbocycles. The molecule has 0 amide bonds. The highest BCUT2D eigenvalue weighted by Crippen LogP contribution is 2.23. The van der Waals surface area contributed by atoms with Gasteiger partial charge in [0.2, 0.25) is 11.7 Å². The molecule has 10 nitrogen and oxygen atoms in total. The number of hydrogen-bond donors (Lipinski definition) is 0. The molecule has 0 bridgehead atoms. The summed E-state index contributed by atoms with van der Waals surface area (Å²) in [6.45, 7) is 2.47. The molecule has 0 unspecified atom stereocenters. The van der Waals surface area contributed by atoms with Crippen LogP contribution in [0.1, 0.15) is 31.0 Å². The normalized spacial score (nSPS) is 11.3. The molecule has 0 N–H and O–H groups in total. The van der Waals surface area contributed by atoms with Crippen LogP contribution in [0.2, 0.25) is 0 Å². The highest BCUT2D eigenvalue weighted by atomic mass is 16.5. The molecule has 0 saturated heterocycles. The first-order chi connectivity index (χ1) is 12.8. The van der Waals surface area contributed by atoms with Gasteiger partial charge >= 0.3 is 0 Å². The second kappa shape index (κ2) is 6.90. The van der Waals surface area contributed by atoms with E-state index in [4.69, 9.17) is 9.26 Å². The Morgan fingerprint density at radius 2 is 2.19 bits per heavy atom. The largest absolute Gasteiger partial charge is 0.470 e. The topological polar surface area (TPSA) is 109 Å². The summed E-state index contributed by atoms with van der Waals surface area (Å²) < 4.78 is 14.2. The Morgan fingerprint density at radius 3 is 2.92 bits per heavy atom. The molecule has 4 rings (SSSR count). The van der Waals surface area contributed by atoms with Gasteiger partial charge in [0.25, 0.3) is 0 Å². The zero-order chi connectivity index (χ0) is 17.9. The number of fused-ring (bicyclic) bond motifs is 1. The minimum Gasteiger partial charge on any atom is -0.470 e. The van der Waals surface area contributed by atoms with Gasteiger partial charge in [-0.2, -0.15) is 4.52 Å². The Morgan fingerprint density at radius 1 is 1.27 bits per heavy atom. The van der Waals surface area contributed by atoms with Gasteiger partial charge in [0.05, 0.1) is 11.9 Å². The van der Waals surface area contributed by atoms with E-state index < -0.39 is 0 Å². The number of rotatable bonds is 7. The molecular weight excluding hydrogens is 336 g/mol. The molecule has 4 aromatic rings. The third kappa shape index (κ3) is 3.01. The molecule has 0 fully saturated rings. The fraction of sp³-hybridized carbons (Fsp3) is 0.375. The summed E-state index contributed by atoms with van der Waals surface area (Å²) in [7, 11) is 1.82. The smallest absolute Gasteiger partial charge is 0.235 e. The van der Waals surface area contributed by atoms with Crippen molar-refractivity contribution in [1.29, 1.82) is 0 Å². The molecule has 134 valence electrons. The summed E-state index contributed by atoms with van der Waals surface area (Å²) in [5, 5.41) is 24.7. The Hall–Kier alpha value is -3.30. The number of ether oxygens (including phenoxy) is 1. The maximum atomic E-state index is 5.98. The zero-order valence-corrected chi connectivity index (χ0v) is 14.5. The molecule has 4 aromatic heterocycles. The summed E-state index contributed by atoms with van der Waals surface area (Å²) in [4.78, 5) is 0. The lowest BCUT2D eigenvalue weighted by atomic mass is 10.1. The van der Waals surface area contributed by atoms with Crippen molar-refractivity contribution < 1.29 is 9.26 Å². The molecule has 10 heteroatoms. The standard InChI is InChI=1S/C16H18N8O2/c1-3-4-5-11-8-14-18-19-15(13-6-7-26-21-13)24(14)20-16(11)25-10-12-9-17-22-23(12)2/h6-9H,3-5,10H2,1-2H3. The molecule has 0 aliphatic heterocycles. The van der Waals surface area contributed by atoms with E-state index in [1.165, 1.54) is 6.26 Å². The maximum absolute atomic E-state index is 5.98. The molecule has 4 heterocycles. The highest BCUT2D eigenvalue weighted by Gasteiger charge is 2.16. The van der Waals surface area contributed by atoms with Gasteiger partial charge in [-0.05, 0) is 18.9 Å². The van der Waals surface area contributed by atoms with Crippen LogP contribution in [0.25, 0.3) is 17.2 Å². The van der Waals surface area contributed by atoms with Crippen LogP contribution in [0, 0.1) is 0 Å². The number of unbranched alkanes of at least 4 members (excludes halogenated alkanes) is 1. The van der Waals surface area contributed by atoms with Crippen molar-refractivity contribution in [1.82, 2.24) is 40.0 Å². The second-order valence-electron chi connectivity index (χ2n) is 5.89. The minimum atomic E-state index is 0.322. The highest BCUT2D eigenvalue weighted by molar-refractivity contribution is 5.55. The predicted octanol–water partition coefficient (Wildman–Crippen LogP) is 1.83. The van der Waals surface area contributed by atoms with Gasteiger partial charge in [-0.25, -0.2) is 4.68 Å². The monoisotopic (exact) mass is 354 g/mol. The van der Waals surface area contributed by atoms with E-state index >= 15 is 0 Å². The van der Waals surface area contributed by atoms with Crippen molar-refractivity contribution in [2.24, 2.45) is 7.05 Å². The van der Waals surface area contributed by atoms with Gasteiger partial charge in [0.15, 0.2) is 11.3 Å². The van der Waals surface area contributed by atoms with Crippen LogP contribution in [-0.2, 0) is 20.1 Å². The Bertz CT molecular complexity index is 1000. The average molecular weight is 354 g/mol. The van der Waals surface area contributed by atoms with E-state index in [0.29, 0.717) is 29.7 Å². The third-order valence-corrected chi connectivity index (χ3v) is 4.07. The van der Waals surface area contributed by atoms with Crippen molar-refractivity contribution in [3.63, 3.8) is 0 Å². The van der Waals surface area contributed by atoms with E-state index in [1.807, 2.05) is 13.1 Å². The van der Waals surface area contributed by atoms with Crippen molar-refractivity contribution in [2.45, 2.75) is 32.8 Å². The van der Waals surface area contributed by atoms with Gasteiger partial charge in [0.1, 0.15) is 12.9 Å². The van der Waals surface area contributed by atoms with Crippen LogP contribution in [0.5, 0.6) is 5.88 Å². The predicted molar refractivity (Wildman–Crippen MR) is 90.2 cm³/mol. The van der Waals surface area contributed by atoms with Gasteiger partial charge in [-0.1, -0.05) is 23.7 Å². The molecule has 0 spiro atoms. The van der Waals surface area contributed by atoms with Crippen molar-refractivity contribution in [2.75, 3.05) is 0 Å². The Kier molecular flexibility index (Phi) is 4.30. The van der Waals surface area contributed by atoms with Crippen LogP contribution < -0.4 is 4.74 Å². The van der Waals surface area contributed by atoms with Crippen LogP contribution in [0.4, 0.5) is 0 Å². The second-order valence-corrected chi connectivity index (χ2v) is 5.89. The summed E-state index contributed by atoms with van der Waals surface area (Å²) >= 11 is 0. The third-order valence-electron chi connectivity index (χ3n) is 4.07. The minimum absolute atomic E-state index is 0.322. The van der Waals surface area contributed by atoms with E-state index in [1.54, 1.807) is 21.5 Å². The Labute approximate surface area is 148 Å². The van der Waals surface area contributed by atoms with Crippen LogP contribution in [0.15, 0.2) is 29.1 Å². The molecule has 26 heavy (non-hydrogen) atoms. The number of aromatic nitrogens is 8. The first kappa shape index (κ1) is 16.2. The number of aryl methyl sites for hydroxylation is 2. The van der Waals surface area contributed by atoms with Crippen LogP contribution in [0.3, 0.4) is 0 Å². The fourth-order valence-corrected chi connectivity index (χ4v) is 2.59. The first-order valence-corrected chi connectivity index (χ1v) is 8.38. The number of hydrogen-bond acceptors (Lipinski definition) is 8. The van der Waals surface area contributed by atoms with E-state index in [0.717, 1.165) is 30.5 Å². The lowest BCUT2D eigenvalue weighted by Gasteiger charge is -2.10. The fourth-order valence-electron chi connectivity index (χ4n) is 2.59. The molecule has 0 saturated carbocycles. The molecular formula is C16H18N8O2. The number of nitrogens with zero attached hydrogens (tertiary/aromatic N) is 8. The van der Waals surface area contributed by atoms with Crippen LogP contribution in [-0.4, -0.2) is 40.0 Å². The maximum Gasteiger partial charge on any atom is 0.235 e. The summed E-state index contributed by atoms with van der Waals surface area (Å²) in [6.07, 6.45) is 6.12. The quantitative estimate of drug-likeness (QED) is 0.494. The van der Waals surface area contributed by atoms with Gasteiger partial charge in [-0.15, -0.1) is 20.4 Å². The van der Waals surface area contributed by atoms with Gasteiger partial charge in [0, 0.05) is 18.7 Å². The average Bonchev–Trinajstić information content (AvgIpc) is 3.38. The molecule has 0 atom stereocenters. The van der Waals surface area contributed by atoms with E-state index in [2.05, 4.69) is 37.7 Å². The van der Waals surface area contributed by atoms with Gasteiger partial charge < -0.3 is 9.26 Å². The first-order valence-electron chi connectivity index (χ1n) is 8.38. The van der Waals surface area contributed by atoms with Crippen molar-refractivity contribution in [3.8, 4) is 17.4 Å². The molecule has 0 aliphatic carbocycles. The summed E-state index contributed by atoms with van der Waals surface area (Å²) in [5.41, 5.74) is 3.05. The lowest BCUT2D eigenvalue weighted by molar-refractivity contribution is 0.275. The lowest BCUT2D eigenvalue weighted by Crippen LogP contribution is -2.08. The van der Waals surface area contributed by atoms with Crippen molar-refractivity contribution in [3.05, 3.63) is 35.9 Å². The summed E-state index contributed by atoms with van der Waals surface area (Å²) in [5.74, 6) is 1.04. The van der Waals surface area contributed by atoms with E-state index in [-0.39, 0.29) is 0 Å². The SMILES string of the molecule is CCCCc1cc2nnc(-c3ccon3)n2nc1OCc1cnnn1C. The zero-order valence-electron chi connectivity index (χ0n) is 14.5. The van der Waals surface area contributed by atoms with Gasteiger partial charge in [-0.3, -0.25) is 0 Å². The van der Waals surface area contributed by atoms with Crippen LogP contribution >= 0.6 is 0 Å². The molecule has 0 aliphatic rings. The Balaban J connectivity index is 1.71. The molecule has 0 radical (unpaired) electrons. The van der Waals surface area contributed by atoms with E-state index in [9.17, 15) is 0 Å².